The Kier molecular flexibility index (Phi) is 5.02. The summed E-state index contributed by atoms with van der Waals surface area (Å²) in [5.74, 6) is -2.04. The van der Waals surface area contributed by atoms with Crippen LogP contribution in [0.3, 0.4) is 0 Å². The molecule has 0 saturated heterocycles. The van der Waals surface area contributed by atoms with Gasteiger partial charge in [-0.2, -0.15) is 13.2 Å². The Morgan fingerprint density at radius 1 is 1.06 bits per heavy atom. The first-order valence-electron chi connectivity index (χ1n) is 9.75. The fourth-order valence-corrected chi connectivity index (χ4v) is 4.93. The molecular formula is C23H20ClF4NO3. The molecule has 2 atom stereocenters. The number of phenols is 2. The molecule has 0 saturated carbocycles. The molecule has 0 amide bonds. The zero-order valence-corrected chi connectivity index (χ0v) is 17.8. The van der Waals surface area contributed by atoms with E-state index in [1.807, 2.05) is 0 Å². The minimum Gasteiger partial charge on any atom is -0.507 e. The van der Waals surface area contributed by atoms with Gasteiger partial charge in [0.25, 0.3) is 0 Å². The minimum atomic E-state index is -5.07. The molecule has 1 aliphatic rings. The third-order valence-electron chi connectivity index (χ3n) is 6.09. The molecular weight excluding hydrogens is 450 g/mol. The van der Waals surface area contributed by atoms with Crippen molar-refractivity contribution in [2.45, 2.75) is 43.5 Å². The van der Waals surface area contributed by atoms with Gasteiger partial charge in [0.1, 0.15) is 5.75 Å². The molecule has 0 aliphatic heterocycles. The van der Waals surface area contributed by atoms with Crippen molar-refractivity contribution >= 4 is 28.1 Å². The minimum absolute atomic E-state index is 0.0612. The number of nitrogens with one attached hydrogen (secondary N) is 1. The number of rotatable bonds is 2. The highest BCUT2D eigenvalue weighted by Crippen LogP contribution is 2.57. The van der Waals surface area contributed by atoms with Crippen molar-refractivity contribution in [2.24, 2.45) is 0 Å². The van der Waals surface area contributed by atoms with Gasteiger partial charge >= 0.3 is 6.18 Å². The van der Waals surface area contributed by atoms with Crippen molar-refractivity contribution < 1.29 is 32.9 Å². The summed E-state index contributed by atoms with van der Waals surface area (Å²) in [4.78, 5) is 0. The first-order chi connectivity index (χ1) is 14.8. The maximum absolute atomic E-state index is 14.4. The average molecular weight is 470 g/mol. The highest BCUT2D eigenvalue weighted by Gasteiger charge is 2.64. The van der Waals surface area contributed by atoms with Crippen LogP contribution < -0.4 is 5.32 Å². The molecule has 170 valence electrons. The number of anilines is 1. The van der Waals surface area contributed by atoms with Crippen LogP contribution in [0.5, 0.6) is 11.5 Å². The molecule has 32 heavy (non-hydrogen) atoms. The number of hydrogen-bond donors (Lipinski definition) is 4. The summed E-state index contributed by atoms with van der Waals surface area (Å²) in [6, 6.07) is 8.41. The zero-order valence-electron chi connectivity index (χ0n) is 17.1. The molecule has 0 heterocycles. The van der Waals surface area contributed by atoms with Gasteiger partial charge in [-0.1, -0.05) is 49.7 Å². The highest BCUT2D eigenvalue weighted by molar-refractivity contribution is 6.31. The maximum Gasteiger partial charge on any atom is 0.419 e. The van der Waals surface area contributed by atoms with Crippen LogP contribution in [0.2, 0.25) is 5.02 Å². The first kappa shape index (κ1) is 22.5. The Bertz CT molecular complexity index is 1230. The largest absolute Gasteiger partial charge is 0.507 e. The molecule has 3 aromatic carbocycles. The van der Waals surface area contributed by atoms with Crippen molar-refractivity contribution in [1.82, 2.24) is 0 Å². The van der Waals surface area contributed by atoms with Gasteiger partial charge in [-0.05, 0) is 35.6 Å². The van der Waals surface area contributed by atoms with E-state index in [0.717, 1.165) is 6.07 Å². The SMILES string of the molecule is CC1(C)CC(O)(C(F)(F)F)C(Nc2cccc3c(O)cccc23)c2cc(Cl)c(F)c(O)c21. The van der Waals surface area contributed by atoms with E-state index in [-0.39, 0.29) is 22.6 Å². The van der Waals surface area contributed by atoms with Crippen molar-refractivity contribution in [3.05, 3.63) is 64.4 Å². The number of aromatic hydroxyl groups is 2. The number of aliphatic hydroxyl groups is 1. The van der Waals surface area contributed by atoms with E-state index < -0.39 is 46.2 Å². The molecule has 0 spiro atoms. The molecule has 0 radical (unpaired) electrons. The quantitative estimate of drug-likeness (QED) is 0.339. The van der Waals surface area contributed by atoms with E-state index in [4.69, 9.17) is 11.6 Å². The molecule has 0 fully saturated rings. The zero-order chi connectivity index (χ0) is 23.6. The molecule has 4 N–H and O–H groups in total. The Hall–Kier alpha value is -2.71. The van der Waals surface area contributed by atoms with Crippen LogP contribution in [-0.4, -0.2) is 27.1 Å². The number of halogens is 5. The van der Waals surface area contributed by atoms with Gasteiger partial charge in [0.2, 0.25) is 0 Å². The standard InChI is InChI=1S/C23H20ClF4NO3/c1-21(2)10-22(32,23(26,27)28)20(13-9-14(24)18(25)19(31)17(13)21)29-15-7-3-6-12-11(15)5-4-8-16(12)30/h3-9,20,29-32H,10H2,1-2H3. The van der Waals surface area contributed by atoms with Gasteiger partial charge in [-0.25, -0.2) is 4.39 Å². The third kappa shape index (κ3) is 3.24. The van der Waals surface area contributed by atoms with Gasteiger partial charge in [-0.3, -0.25) is 0 Å². The summed E-state index contributed by atoms with van der Waals surface area (Å²) in [6.07, 6.45) is -5.90. The lowest BCUT2D eigenvalue weighted by molar-refractivity contribution is -0.276. The Morgan fingerprint density at radius 2 is 1.69 bits per heavy atom. The summed E-state index contributed by atoms with van der Waals surface area (Å²) in [5.41, 5.74) is -4.71. The van der Waals surface area contributed by atoms with Crippen LogP contribution in [0.4, 0.5) is 23.2 Å². The average Bonchev–Trinajstić information content (AvgIpc) is 2.68. The number of phenolic OH excluding ortho intramolecular Hbond substituents is 2. The summed E-state index contributed by atoms with van der Waals surface area (Å²) in [6.45, 7) is 2.78. The van der Waals surface area contributed by atoms with Crippen LogP contribution >= 0.6 is 11.6 Å². The maximum atomic E-state index is 14.4. The van der Waals surface area contributed by atoms with Gasteiger partial charge in [0.15, 0.2) is 17.2 Å². The second-order valence-corrected chi connectivity index (χ2v) is 9.13. The topological polar surface area (TPSA) is 72.7 Å². The van der Waals surface area contributed by atoms with Crippen molar-refractivity contribution in [3.8, 4) is 11.5 Å². The third-order valence-corrected chi connectivity index (χ3v) is 6.37. The molecule has 4 rings (SSSR count). The lowest BCUT2D eigenvalue weighted by Crippen LogP contribution is -2.58. The Morgan fingerprint density at radius 3 is 2.34 bits per heavy atom. The molecule has 9 heteroatoms. The summed E-state index contributed by atoms with van der Waals surface area (Å²) >= 11 is 5.88. The molecule has 4 nitrogen and oxygen atoms in total. The predicted molar refractivity (Wildman–Crippen MR) is 114 cm³/mol. The van der Waals surface area contributed by atoms with E-state index in [0.29, 0.717) is 10.8 Å². The van der Waals surface area contributed by atoms with Crippen LogP contribution in [0, 0.1) is 5.82 Å². The van der Waals surface area contributed by atoms with Crippen LogP contribution in [0.25, 0.3) is 10.8 Å². The predicted octanol–water partition coefficient (Wildman–Crippen LogP) is 6.17. The van der Waals surface area contributed by atoms with Crippen LogP contribution in [0.15, 0.2) is 42.5 Å². The normalized spacial score (nSPS) is 22.6. The van der Waals surface area contributed by atoms with Gasteiger partial charge in [0.05, 0.1) is 11.1 Å². The number of hydrogen-bond acceptors (Lipinski definition) is 4. The lowest BCUT2D eigenvalue weighted by Gasteiger charge is -2.49. The summed E-state index contributed by atoms with van der Waals surface area (Å²) in [7, 11) is 0. The molecule has 0 bridgehead atoms. The fraction of sp³-hybridized carbons (Fsp3) is 0.304. The van der Waals surface area contributed by atoms with E-state index in [1.165, 1.54) is 32.0 Å². The monoisotopic (exact) mass is 469 g/mol. The first-order valence-corrected chi connectivity index (χ1v) is 10.1. The van der Waals surface area contributed by atoms with Crippen molar-refractivity contribution in [1.29, 1.82) is 0 Å². The smallest absolute Gasteiger partial charge is 0.419 e. The van der Waals surface area contributed by atoms with E-state index >= 15 is 0 Å². The van der Waals surface area contributed by atoms with Gasteiger partial charge in [-0.15, -0.1) is 0 Å². The lowest BCUT2D eigenvalue weighted by atomic mass is 9.63. The molecule has 3 aromatic rings. The van der Waals surface area contributed by atoms with Crippen LogP contribution in [-0.2, 0) is 5.41 Å². The number of benzene rings is 3. The second kappa shape index (κ2) is 7.15. The second-order valence-electron chi connectivity index (χ2n) is 8.72. The molecule has 0 aromatic heterocycles. The van der Waals surface area contributed by atoms with E-state index in [1.54, 1.807) is 18.2 Å². The van der Waals surface area contributed by atoms with Gasteiger partial charge < -0.3 is 20.6 Å². The van der Waals surface area contributed by atoms with Gasteiger partial charge in [0, 0.05) is 22.0 Å². The summed E-state index contributed by atoms with van der Waals surface area (Å²) < 4.78 is 57.2. The Balaban J connectivity index is 2.00. The van der Waals surface area contributed by atoms with Crippen LogP contribution in [0.1, 0.15) is 37.4 Å². The van der Waals surface area contributed by atoms with Crippen molar-refractivity contribution in [2.75, 3.05) is 5.32 Å². The number of alkyl halides is 3. The van der Waals surface area contributed by atoms with E-state index in [9.17, 15) is 32.9 Å². The fourth-order valence-electron chi connectivity index (χ4n) is 4.73. The number of fused-ring (bicyclic) bond motifs is 2. The molecule has 1 aliphatic carbocycles. The molecule has 2 unspecified atom stereocenters. The Labute approximate surface area is 186 Å². The summed E-state index contributed by atoms with van der Waals surface area (Å²) in [5, 5.41) is 34.6. The van der Waals surface area contributed by atoms with E-state index in [2.05, 4.69) is 5.32 Å². The van der Waals surface area contributed by atoms with Crippen molar-refractivity contribution in [3.63, 3.8) is 0 Å². The highest BCUT2D eigenvalue weighted by atomic mass is 35.5.